The summed E-state index contributed by atoms with van der Waals surface area (Å²) in [6.07, 6.45) is 12.0. The lowest BCUT2D eigenvalue weighted by Gasteiger charge is -2.54. The lowest BCUT2D eigenvalue weighted by molar-refractivity contribution is -0.125. The summed E-state index contributed by atoms with van der Waals surface area (Å²) in [7, 11) is 0. The molecule has 2 saturated carbocycles. The molecule has 0 amide bonds. The summed E-state index contributed by atoms with van der Waals surface area (Å²) in [4.78, 5) is 4.40. The van der Waals surface area contributed by atoms with Crippen molar-refractivity contribution in [2.45, 2.75) is 58.1 Å². The highest BCUT2D eigenvalue weighted by atomic mass is 127. The van der Waals surface area contributed by atoms with Crippen LogP contribution >= 0.6 is 24.0 Å². The van der Waals surface area contributed by atoms with Crippen LogP contribution in [0.2, 0.25) is 0 Å². The summed E-state index contributed by atoms with van der Waals surface area (Å²) in [5.41, 5.74) is 0.322. The Morgan fingerprint density at radius 1 is 1.38 bits per heavy atom. The van der Waals surface area contributed by atoms with Crippen molar-refractivity contribution in [2.24, 2.45) is 10.4 Å². The van der Waals surface area contributed by atoms with Gasteiger partial charge in [0.25, 0.3) is 0 Å². The molecule has 2 rings (SSSR count). The number of nitrogens with one attached hydrogen (secondary N) is 2. The van der Waals surface area contributed by atoms with Gasteiger partial charge in [0.1, 0.15) is 6.54 Å². The second kappa shape index (κ2) is 8.84. The zero-order valence-corrected chi connectivity index (χ0v) is 15.5. The molecule has 2 N–H and O–H groups in total. The molecule has 0 bridgehead atoms. The molecule has 0 saturated heterocycles. The van der Waals surface area contributed by atoms with Crippen LogP contribution in [0, 0.1) is 17.8 Å². The van der Waals surface area contributed by atoms with E-state index >= 15 is 0 Å². The van der Waals surface area contributed by atoms with Crippen molar-refractivity contribution < 1.29 is 4.74 Å². The summed E-state index contributed by atoms with van der Waals surface area (Å²) < 4.78 is 5.94. The monoisotopic (exact) mass is 405 g/mol. The van der Waals surface area contributed by atoms with Gasteiger partial charge in [0, 0.05) is 24.6 Å². The molecule has 4 nitrogen and oxygen atoms in total. The van der Waals surface area contributed by atoms with Crippen LogP contribution in [0.5, 0.6) is 0 Å². The van der Waals surface area contributed by atoms with Crippen molar-refractivity contribution in [3.8, 4) is 12.3 Å². The first-order valence-electron chi connectivity index (χ1n) is 7.86. The third-order valence-electron chi connectivity index (χ3n) is 4.67. The Balaban J connectivity index is 0.00000220. The number of guanidine groups is 1. The normalized spacial score (nSPS) is 26.6. The number of aliphatic imine (C=N–C) groups is 1. The molecule has 2 atom stereocenters. The first-order valence-corrected chi connectivity index (χ1v) is 7.86. The quantitative estimate of drug-likeness (QED) is 0.320. The number of hydrogen-bond acceptors (Lipinski definition) is 2. The molecular formula is C16H28IN3O. The van der Waals surface area contributed by atoms with Gasteiger partial charge in [-0.05, 0) is 33.1 Å². The molecule has 0 aromatic rings. The molecule has 21 heavy (non-hydrogen) atoms. The molecule has 2 aliphatic carbocycles. The lowest BCUT2D eigenvalue weighted by Crippen LogP contribution is -2.65. The molecule has 0 aromatic carbocycles. The molecule has 2 unspecified atom stereocenters. The average Bonchev–Trinajstić information content (AvgIpc) is 2.96. The van der Waals surface area contributed by atoms with E-state index in [1.165, 1.54) is 25.7 Å². The van der Waals surface area contributed by atoms with Gasteiger partial charge in [-0.25, -0.2) is 4.99 Å². The van der Waals surface area contributed by atoms with Gasteiger partial charge in [0.2, 0.25) is 0 Å². The Hall–Kier alpha value is -0.480. The zero-order chi connectivity index (χ0) is 14.4. The smallest absolute Gasteiger partial charge is 0.192 e. The number of ether oxygens (including phenoxy) is 1. The van der Waals surface area contributed by atoms with Crippen LogP contribution in [0.4, 0.5) is 0 Å². The van der Waals surface area contributed by atoms with E-state index in [0.717, 1.165) is 25.5 Å². The molecule has 0 radical (unpaired) electrons. The predicted octanol–water partition coefficient (Wildman–Crippen LogP) is 2.53. The molecule has 2 aliphatic rings. The Labute approximate surface area is 145 Å². The van der Waals surface area contributed by atoms with E-state index in [1.807, 2.05) is 0 Å². The first kappa shape index (κ1) is 18.6. The summed E-state index contributed by atoms with van der Waals surface area (Å²) in [5.74, 6) is 3.41. The van der Waals surface area contributed by atoms with Crippen molar-refractivity contribution in [1.82, 2.24) is 10.6 Å². The Bertz CT molecular complexity index is 385. The summed E-state index contributed by atoms with van der Waals surface area (Å²) >= 11 is 0. The topological polar surface area (TPSA) is 45.7 Å². The van der Waals surface area contributed by atoms with Crippen molar-refractivity contribution >= 4 is 29.9 Å². The van der Waals surface area contributed by atoms with E-state index < -0.39 is 0 Å². The number of halogens is 1. The molecule has 0 heterocycles. The molecular weight excluding hydrogens is 377 g/mol. The van der Waals surface area contributed by atoms with E-state index in [4.69, 9.17) is 11.2 Å². The molecule has 0 aliphatic heterocycles. The van der Waals surface area contributed by atoms with Crippen molar-refractivity contribution in [2.75, 3.05) is 19.7 Å². The standard InChI is InChI=1S/C16H27N3O.HI/c1-4-11-18-15(17-5-2)19-13-12-14(20-6-3)16(13)9-7-8-10-16;/h1,13-14H,5-12H2,2-3H3,(H2,17,18,19);1H. The van der Waals surface area contributed by atoms with Crippen molar-refractivity contribution in [3.05, 3.63) is 0 Å². The van der Waals surface area contributed by atoms with E-state index in [2.05, 4.69) is 35.4 Å². The number of terminal acetylenes is 1. The molecule has 1 spiro atoms. The van der Waals surface area contributed by atoms with Crippen molar-refractivity contribution in [1.29, 1.82) is 0 Å². The summed E-state index contributed by atoms with van der Waals surface area (Å²) in [5, 5.41) is 6.85. The van der Waals surface area contributed by atoms with Gasteiger partial charge >= 0.3 is 0 Å². The van der Waals surface area contributed by atoms with E-state index in [-0.39, 0.29) is 24.0 Å². The Morgan fingerprint density at radius 2 is 2.10 bits per heavy atom. The van der Waals surface area contributed by atoms with Gasteiger partial charge in [-0.3, -0.25) is 0 Å². The number of nitrogens with zero attached hydrogens (tertiary/aromatic N) is 1. The van der Waals surface area contributed by atoms with Crippen LogP contribution in [0.1, 0.15) is 46.0 Å². The van der Waals surface area contributed by atoms with E-state index in [9.17, 15) is 0 Å². The third kappa shape index (κ3) is 4.04. The van der Waals surface area contributed by atoms with Gasteiger partial charge in [-0.2, -0.15) is 0 Å². The predicted molar refractivity (Wildman–Crippen MR) is 98.1 cm³/mol. The summed E-state index contributed by atoms with van der Waals surface area (Å²) in [6.45, 7) is 6.24. The van der Waals surface area contributed by atoms with Gasteiger partial charge < -0.3 is 15.4 Å². The average molecular weight is 405 g/mol. The van der Waals surface area contributed by atoms with Crippen LogP contribution in [0.15, 0.2) is 4.99 Å². The minimum atomic E-state index is 0. The highest BCUT2D eigenvalue weighted by Crippen LogP contribution is 2.54. The van der Waals surface area contributed by atoms with Gasteiger partial charge in [0.15, 0.2) is 5.96 Å². The summed E-state index contributed by atoms with van der Waals surface area (Å²) in [6, 6.07) is 0.470. The van der Waals surface area contributed by atoms with Crippen LogP contribution in [0.25, 0.3) is 0 Å². The molecule has 5 heteroatoms. The largest absolute Gasteiger partial charge is 0.378 e. The van der Waals surface area contributed by atoms with Gasteiger partial charge in [0.05, 0.1) is 6.10 Å². The van der Waals surface area contributed by atoms with E-state index in [0.29, 0.717) is 24.1 Å². The maximum atomic E-state index is 5.94. The second-order valence-corrected chi connectivity index (χ2v) is 5.72. The molecule has 0 aromatic heterocycles. The maximum Gasteiger partial charge on any atom is 0.192 e. The molecule has 120 valence electrons. The highest BCUT2D eigenvalue weighted by molar-refractivity contribution is 14.0. The van der Waals surface area contributed by atoms with Crippen LogP contribution in [-0.4, -0.2) is 37.8 Å². The number of hydrogen-bond donors (Lipinski definition) is 2. The van der Waals surface area contributed by atoms with Gasteiger partial charge in [-0.1, -0.05) is 18.8 Å². The number of rotatable bonds is 5. The van der Waals surface area contributed by atoms with Crippen LogP contribution in [0.3, 0.4) is 0 Å². The van der Waals surface area contributed by atoms with Crippen LogP contribution < -0.4 is 10.6 Å². The van der Waals surface area contributed by atoms with Crippen LogP contribution in [-0.2, 0) is 4.74 Å². The SMILES string of the molecule is C#CCN=C(NCC)NC1CC(OCC)C12CCCC2.I. The Morgan fingerprint density at radius 3 is 2.67 bits per heavy atom. The maximum absolute atomic E-state index is 5.94. The molecule has 2 fully saturated rings. The lowest BCUT2D eigenvalue weighted by atomic mass is 9.60. The minimum Gasteiger partial charge on any atom is -0.378 e. The zero-order valence-electron chi connectivity index (χ0n) is 13.2. The van der Waals surface area contributed by atoms with Crippen molar-refractivity contribution in [3.63, 3.8) is 0 Å². The first-order chi connectivity index (χ1) is 9.76. The Kier molecular flexibility index (Phi) is 7.82. The second-order valence-electron chi connectivity index (χ2n) is 5.72. The third-order valence-corrected chi connectivity index (χ3v) is 4.67. The minimum absolute atomic E-state index is 0. The highest BCUT2D eigenvalue weighted by Gasteiger charge is 2.56. The van der Waals surface area contributed by atoms with E-state index in [1.54, 1.807) is 0 Å². The van der Waals surface area contributed by atoms with Gasteiger partial charge in [-0.15, -0.1) is 30.4 Å². The fourth-order valence-electron chi connectivity index (χ4n) is 3.70. The fraction of sp³-hybridized carbons (Fsp3) is 0.812. The fourth-order valence-corrected chi connectivity index (χ4v) is 3.70.